The van der Waals surface area contributed by atoms with Crippen molar-refractivity contribution in [2.24, 2.45) is 7.05 Å². The molecule has 4 nitrogen and oxygen atoms in total. The normalized spacial score (nSPS) is 11.6. The molecule has 0 aliphatic rings. The summed E-state index contributed by atoms with van der Waals surface area (Å²) < 4.78 is 4.66. The van der Waals surface area contributed by atoms with E-state index in [2.05, 4.69) is 60.1 Å². The maximum atomic E-state index is 5.22. The minimum absolute atomic E-state index is 0.497. The minimum Gasteiger partial charge on any atom is -0.350 e. The summed E-state index contributed by atoms with van der Waals surface area (Å²) in [5, 5.41) is 8.03. The van der Waals surface area contributed by atoms with Crippen molar-refractivity contribution in [2.45, 2.75) is 19.8 Å². The lowest BCUT2D eigenvalue weighted by Gasteiger charge is -2.05. The average molecular weight is 272 g/mol. The van der Waals surface area contributed by atoms with E-state index in [0.717, 1.165) is 5.69 Å². The van der Waals surface area contributed by atoms with Crippen LogP contribution in [-0.2, 0) is 7.05 Å². The highest BCUT2D eigenvalue weighted by molar-refractivity contribution is 7.71. The maximum absolute atomic E-state index is 5.22. The molecule has 1 N–H and O–H groups in total. The predicted molar refractivity (Wildman–Crippen MR) is 79.3 cm³/mol. The van der Waals surface area contributed by atoms with Gasteiger partial charge in [-0.25, -0.2) is 0 Å². The first-order valence-electron chi connectivity index (χ1n) is 6.29. The third-order valence-electron chi connectivity index (χ3n) is 3.46. The Labute approximate surface area is 116 Å². The standard InChI is InChI=1S/C14H16N4S/c1-9(2)12-7-17(3)13-5-4-10(6-11(12)13)18-8-15-16-14(18)19/h4-9H,1-3H3,(H,16,19). The first-order chi connectivity index (χ1) is 9.08. The van der Waals surface area contributed by atoms with Gasteiger partial charge in [0.2, 0.25) is 0 Å². The van der Waals surface area contributed by atoms with Crippen LogP contribution in [0.4, 0.5) is 0 Å². The molecule has 0 unspecified atom stereocenters. The second-order valence-electron chi connectivity index (χ2n) is 5.08. The van der Waals surface area contributed by atoms with Gasteiger partial charge in [0.25, 0.3) is 0 Å². The SMILES string of the molecule is CC(C)c1cn(C)c2ccc(-n3cn[nH]c3=S)cc12. The highest BCUT2D eigenvalue weighted by atomic mass is 32.1. The van der Waals surface area contributed by atoms with Crippen molar-refractivity contribution in [3.8, 4) is 5.69 Å². The van der Waals surface area contributed by atoms with Crippen molar-refractivity contribution < 1.29 is 0 Å². The highest BCUT2D eigenvalue weighted by Gasteiger charge is 2.11. The summed E-state index contributed by atoms with van der Waals surface area (Å²) in [6.45, 7) is 4.43. The molecule has 19 heavy (non-hydrogen) atoms. The number of nitrogens with one attached hydrogen (secondary N) is 1. The molecule has 0 spiro atoms. The van der Waals surface area contributed by atoms with E-state index in [1.165, 1.54) is 16.5 Å². The summed E-state index contributed by atoms with van der Waals surface area (Å²) in [6, 6.07) is 6.37. The molecule has 3 aromatic rings. The van der Waals surface area contributed by atoms with E-state index in [9.17, 15) is 0 Å². The predicted octanol–water partition coefficient (Wildman–Crippen LogP) is 3.54. The molecule has 0 fully saturated rings. The molecule has 0 bridgehead atoms. The van der Waals surface area contributed by atoms with Crippen molar-refractivity contribution in [1.29, 1.82) is 0 Å². The van der Waals surface area contributed by atoms with Gasteiger partial charge in [0.15, 0.2) is 4.77 Å². The van der Waals surface area contributed by atoms with Crippen LogP contribution in [0.15, 0.2) is 30.7 Å². The van der Waals surface area contributed by atoms with Crippen LogP contribution in [0.2, 0.25) is 0 Å². The molecule has 0 amide bonds. The van der Waals surface area contributed by atoms with E-state index in [1.807, 2.05) is 4.57 Å². The van der Waals surface area contributed by atoms with Crippen molar-refractivity contribution in [2.75, 3.05) is 0 Å². The van der Waals surface area contributed by atoms with Gasteiger partial charge in [0.1, 0.15) is 6.33 Å². The average Bonchev–Trinajstić information content (AvgIpc) is 2.93. The van der Waals surface area contributed by atoms with Gasteiger partial charge >= 0.3 is 0 Å². The van der Waals surface area contributed by atoms with Gasteiger partial charge in [0, 0.05) is 24.1 Å². The molecule has 0 radical (unpaired) electrons. The lowest BCUT2D eigenvalue weighted by molar-refractivity contribution is 0.857. The number of benzene rings is 1. The Hall–Kier alpha value is -1.88. The number of aryl methyl sites for hydroxylation is 1. The van der Waals surface area contributed by atoms with Gasteiger partial charge in [-0.2, -0.15) is 5.10 Å². The summed E-state index contributed by atoms with van der Waals surface area (Å²) in [5.74, 6) is 0.497. The van der Waals surface area contributed by atoms with Gasteiger partial charge in [0.05, 0.1) is 5.69 Å². The van der Waals surface area contributed by atoms with Crippen LogP contribution in [0.25, 0.3) is 16.6 Å². The topological polar surface area (TPSA) is 38.5 Å². The minimum atomic E-state index is 0.497. The third kappa shape index (κ3) is 1.90. The maximum Gasteiger partial charge on any atom is 0.199 e. The first kappa shape index (κ1) is 12.2. The zero-order valence-electron chi connectivity index (χ0n) is 11.2. The van der Waals surface area contributed by atoms with Crippen molar-refractivity contribution in [1.82, 2.24) is 19.3 Å². The second-order valence-corrected chi connectivity index (χ2v) is 5.47. The van der Waals surface area contributed by atoms with Crippen molar-refractivity contribution in [3.63, 3.8) is 0 Å². The largest absolute Gasteiger partial charge is 0.350 e. The first-order valence-corrected chi connectivity index (χ1v) is 6.70. The van der Waals surface area contributed by atoms with Crippen LogP contribution >= 0.6 is 12.2 Å². The van der Waals surface area contributed by atoms with E-state index in [0.29, 0.717) is 10.7 Å². The summed E-state index contributed by atoms with van der Waals surface area (Å²) in [5.41, 5.74) is 3.64. The Morgan fingerprint density at radius 1 is 1.32 bits per heavy atom. The Balaban J connectivity index is 2.28. The van der Waals surface area contributed by atoms with E-state index in [1.54, 1.807) is 6.33 Å². The number of rotatable bonds is 2. The molecule has 0 atom stereocenters. The van der Waals surface area contributed by atoms with E-state index < -0.39 is 0 Å². The highest BCUT2D eigenvalue weighted by Crippen LogP contribution is 2.28. The van der Waals surface area contributed by atoms with Gasteiger partial charge < -0.3 is 4.57 Å². The van der Waals surface area contributed by atoms with Crippen molar-refractivity contribution in [3.05, 3.63) is 41.1 Å². The van der Waals surface area contributed by atoms with Crippen LogP contribution in [0.5, 0.6) is 0 Å². The van der Waals surface area contributed by atoms with Crippen LogP contribution in [0.1, 0.15) is 25.3 Å². The monoisotopic (exact) mass is 272 g/mol. The quantitative estimate of drug-likeness (QED) is 0.725. The number of H-pyrrole nitrogens is 1. The number of nitrogens with zero attached hydrogens (tertiary/aromatic N) is 3. The zero-order valence-corrected chi connectivity index (χ0v) is 12.0. The third-order valence-corrected chi connectivity index (χ3v) is 3.74. The molecule has 1 aromatic carbocycles. The van der Waals surface area contributed by atoms with Gasteiger partial charge in [-0.3, -0.25) is 9.67 Å². The molecule has 0 aliphatic carbocycles. The fourth-order valence-electron chi connectivity index (χ4n) is 2.45. The summed E-state index contributed by atoms with van der Waals surface area (Å²) in [6.07, 6.45) is 3.91. The molecule has 0 aliphatic heterocycles. The molecular formula is C14H16N4S. The molecule has 5 heteroatoms. The Morgan fingerprint density at radius 2 is 2.11 bits per heavy atom. The molecule has 3 rings (SSSR count). The van der Waals surface area contributed by atoms with E-state index >= 15 is 0 Å². The Bertz CT molecular complexity index is 791. The molecule has 0 saturated heterocycles. The fourth-order valence-corrected chi connectivity index (χ4v) is 2.66. The van der Waals surface area contributed by atoms with Crippen LogP contribution in [-0.4, -0.2) is 19.3 Å². The van der Waals surface area contributed by atoms with Gasteiger partial charge in [-0.05, 0) is 41.9 Å². The summed E-state index contributed by atoms with van der Waals surface area (Å²) >= 11 is 5.22. The molecular weight excluding hydrogens is 256 g/mol. The Morgan fingerprint density at radius 3 is 2.74 bits per heavy atom. The second kappa shape index (κ2) is 4.35. The van der Waals surface area contributed by atoms with Crippen LogP contribution < -0.4 is 0 Å². The molecule has 2 aromatic heterocycles. The number of hydrogen-bond donors (Lipinski definition) is 1. The molecule has 2 heterocycles. The van der Waals surface area contributed by atoms with E-state index in [4.69, 9.17) is 12.2 Å². The number of fused-ring (bicyclic) bond motifs is 1. The smallest absolute Gasteiger partial charge is 0.199 e. The number of aromatic amines is 1. The lowest BCUT2D eigenvalue weighted by Crippen LogP contribution is -1.93. The molecule has 0 saturated carbocycles. The van der Waals surface area contributed by atoms with Crippen LogP contribution in [0.3, 0.4) is 0 Å². The number of aromatic nitrogens is 4. The lowest BCUT2D eigenvalue weighted by atomic mass is 10.0. The van der Waals surface area contributed by atoms with E-state index in [-0.39, 0.29) is 0 Å². The fraction of sp³-hybridized carbons (Fsp3) is 0.286. The number of hydrogen-bond acceptors (Lipinski definition) is 2. The van der Waals surface area contributed by atoms with Gasteiger partial charge in [-0.1, -0.05) is 13.8 Å². The zero-order chi connectivity index (χ0) is 13.6. The van der Waals surface area contributed by atoms with Crippen molar-refractivity contribution >= 4 is 23.1 Å². The van der Waals surface area contributed by atoms with Gasteiger partial charge in [-0.15, -0.1) is 0 Å². The summed E-state index contributed by atoms with van der Waals surface area (Å²) in [7, 11) is 2.08. The molecule has 98 valence electrons. The summed E-state index contributed by atoms with van der Waals surface area (Å²) in [4.78, 5) is 0. The Kier molecular flexibility index (Phi) is 2.78. The van der Waals surface area contributed by atoms with Crippen LogP contribution in [0, 0.1) is 4.77 Å².